The summed E-state index contributed by atoms with van der Waals surface area (Å²) < 4.78 is 37.0. The summed E-state index contributed by atoms with van der Waals surface area (Å²) in [6.07, 6.45) is 1.44. The number of nitrogens with zero attached hydrogens (tertiary/aromatic N) is 2. The first kappa shape index (κ1) is 21.6. The molecule has 9 nitrogen and oxygen atoms in total. The van der Waals surface area contributed by atoms with Gasteiger partial charge in [0.25, 0.3) is 15.9 Å². The van der Waals surface area contributed by atoms with E-state index in [0.717, 1.165) is 0 Å². The molecule has 0 spiro atoms. The molecular formula is C21H18N4O5S. The van der Waals surface area contributed by atoms with Crippen molar-refractivity contribution in [1.29, 1.82) is 5.26 Å². The Morgan fingerprint density at radius 1 is 1.16 bits per heavy atom. The lowest BCUT2D eigenvalue weighted by Crippen LogP contribution is -2.15. The van der Waals surface area contributed by atoms with Gasteiger partial charge < -0.3 is 14.6 Å². The molecule has 31 heavy (non-hydrogen) atoms. The Kier molecular flexibility index (Phi) is 6.37. The molecule has 0 saturated carbocycles. The highest BCUT2D eigenvalue weighted by Crippen LogP contribution is 2.19. The van der Waals surface area contributed by atoms with Crippen LogP contribution >= 0.6 is 0 Å². The van der Waals surface area contributed by atoms with Crippen molar-refractivity contribution in [1.82, 2.24) is 5.16 Å². The first-order valence-electron chi connectivity index (χ1n) is 8.94. The number of methoxy groups -OCH3 is 1. The van der Waals surface area contributed by atoms with Gasteiger partial charge in [0.2, 0.25) is 0 Å². The fraction of sp³-hybridized carbons (Fsp3) is 0.0952. The number of hydrogen-bond donors (Lipinski definition) is 2. The lowest BCUT2D eigenvalue weighted by atomic mass is 10.1. The maximum atomic E-state index is 12.4. The molecule has 0 aliphatic rings. The topological polar surface area (TPSA) is 134 Å². The Labute approximate surface area is 179 Å². The van der Waals surface area contributed by atoms with Crippen LogP contribution in [0.25, 0.3) is 6.08 Å². The third-order valence-electron chi connectivity index (χ3n) is 4.08. The highest BCUT2D eigenvalue weighted by molar-refractivity contribution is 7.92. The zero-order valence-corrected chi connectivity index (χ0v) is 17.4. The van der Waals surface area contributed by atoms with Gasteiger partial charge in [-0.15, -0.1) is 0 Å². The standard InChI is InChI=1S/C21H18N4O5S/c1-14-11-20(24-30-14)25-31(27,28)19-9-5-17(6-10-19)23-21(26)16(13-22)12-15-3-7-18(29-2)8-4-15/h3-12H,1-2H3,(H,23,26)(H,24,25)/b16-12+. The number of benzene rings is 2. The maximum Gasteiger partial charge on any atom is 0.266 e. The lowest BCUT2D eigenvalue weighted by Gasteiger charge is -2.08. The molecule has 0 unspecified atom stereocenters. The normalized spacial score (nSPS) is 11.5. The number of aromatic nitrogens is 1. The van der Waals surface area contributed by atoms with E-state index in [1.807, 2.05) is 6.07 Å². The van der Waals surface area contributed by atoms with Crippen LogP contribution in [0.4, 0.5) is 11.5 Å². The Morgan fingerprint density at radius 2 is 1.84 bits per heavy atom. The number of nitriles is 1. The number of ether oxygens (including phenoxy) is 1. The number of hydrogen-bond acceptors (Lipinski definition) is 7. The minimum Gasteiger partial charge on any atom is -0.497 e. The summed E-state index contributed by atoms with van der Waals surface area (Å²) in [6.45, 7) is 1.64. The van der Waals surface area contributed by atoms with Crippen molar-refractivity contribution in [2.75, 3.05) is 17.1 Å². The second-order valence-electron chi connectivity index (χ2n) is 6.35. The monoisotopic (exact) mass is 438 g/mol. The number of amides is 1. The predicted octanol–water partition coefficient (Wildman–Crippen LogP) is 3.34. The molecule has 3 rings (SSSR count). The fourth-order valence-electron chi connectivity index (χ4n) is 2.54. The number of carbonyl (C=O) groups is 1. The average Bonchev–Trinajstić information content (AvgIpc) is 3.16. The van der Waals surface area contributed by atoms with Crippen LogP contribution in [0.5, 0.6) is 5.75 Å². The van der Waals surface area contributed by atoms with Gasteiger partial charge in [0.1, 0.15) is 23.2 Å². The van der Waals surface area contributed by atoms with Crippen LogP contribution in [0.2, 0.25) is 0 Å². The molecule has 0 bridgehead atoms. The predicted molar refractivity (Wildman–Crippen MR) is 114 cm³/mol. The number of anilines is 2. The summed E-state index contributed by atoms with van der Waals surface area (Å²) in [5.41, 5.74) is 0.880. The minimum atomic E-state index is -3.87. The average molecular weight is 438 g/mol. The van der Waals surface area contributed by atoms with E-state index in [0.29, 0.717) is 22.8 Å². The largest absolute Gasteiger partial charge is 0.497 e. The molecule has 2 N–H and O–H groups in total. The van der Waals surface area contributed by atoms with Gasteiger partial charge in [-0.2, -0.15) is 5.26 Å². The first-order chi connectivity index (χ1) is 14.8. The van der Waals surface area contributed by atoms with Crippen molar-refractivity contribution in [3.8, 4) is 11.8 Å². The molecule has 10 heteroatoms. The molecule has 2 aromatic carbocycles. The first-order valence-corrected chi connectivity index (χ1v) is 10.4. The van der Waals surface area contributed by atoms with Gasteiger partial charge in [0, 0.05) is 11.8 Å². The molecule has 0 atom stereocenters. The third kappa shape index (κ3) is 5.49. The van der Waals surface area contributed by atoms with Gasteiger partial charge in [-0.25, -0.2) is 8.42 Å². The summed E-state index contributed by atoms with van der Waals surface area (Å²) in [4.78, 5) is 12.4. The third-order valence-corrected chi connectivity index (χ3v) is 5.45. The van der Waals surface area contributed by atoms with E-state index in [-0.39, 0.29) is 16.3 Å². The van der Waals surface area contributed by atoms with Gasteiger partial charge in [-0.05, 0) is 55.0 Å². The van der Waals surface area contributed by atoms with Crippen LogP contribution in [0.3, 0.4) is 0 Å². The quantitative estimate of drug-likeness (QED) is 0.427. The van der Waals surface area contributed by atoms with Gasteiger partial charge in [-0.1, -0.05) is 17.3 Å². The van der Waals surface area contributed by atoms with Crippen molar-refractivity contribution < 1.29 is 22.5 Å². The molecule has 0 aliphatic carbocycles. The van der Waals surface area contributed by atoms with Gasteiger partial charge in [0.05, 0.1) is 12.0 Å². The van der Waals surface area contributed by atoms with Crippen LogP contribution in [-0.4, -0.2) is 26.6 Å². The van der Waals surface area contributed by atoms with E-state index in [4.69, 9.17) is 9.26 Å². The van der Waals surface area contributed by atoms with Crippen molar-refractivity contribution in [3.63, 3.8) is 0 Å². The Hall–Kier alpha value is -4.10. The number of carbonyl (C=O) groups excluding carboxylic acids is 1. The minimum absolute atomic E-state index is 0.0274. The Morgan fingerprint density at radius 3 is 2.39 bits per heavy atom. The number of sulfonamides is 1. The second kappa shape index (κ2) is 9.15. The molecule has 1 amide bonds. The summed E-state index contributed by atoms with van der Waals surface area (Å²) in [5.74, 6) is 0.567. The van der Waals surface area contributed by atoms with Crippen molar-refractivity contribution in [3.05, 3.63) is 71.5 Å². The van der Waals surface area contributed by atoms with Crippen LogP contribution in [0, 0.1) is 18.3 Å². The number of nitrogens with one attached hydrogen (secondary N) is 2. The zero-order valence-electron chi connectivity index (χ0n) is 16.6. The number of aryl methyl sites for hydroxylation is 1. The highest BCUT2D eigenvalue weighted by atomic mass is 32.2. The van der Waals surface area contributed by atoms with Crippen molar-refractivity contribution >= 4 is 33.5 Å². The molecule has 0 aliphatic heterocycles. The molecule has 3 aromatic rings. The van der Waals surface area contributed by atoms with E-state index in [1.54, 1.807) is 38.3 Å². The molecule has 0 fully saturated rings. The maximum absolute atomic E-state index is 12.4. The summed E-state index contributed by atoms with van der Waals surface area (Å²) in [5, 5.41) is 15.5. The Bertz CT molecular complexity index is 1250. The molecular weight excluding hydrogens is 420 g/mol. The molecule has 0 radical (unpaired) electrons. The molecule has 1 aromatic heterocycles. The van der Waals surface area contributed by atoms with Gasteiger partial charge in [0.15, 0.2) is 5.82 Å². The second-order valence-corrected chi connectivity index (χ2v) is 8.03. The molecule has 1 heterocycles. The summed E-state index contributed by atoms with van der Waals surface area (Å²) in [7, 11) is -2.33. The van der Waals surface area contributed by atoms with E-state index >= 15 is 0 Å². The number of rotatable bonds is 7. The van der Waals surface area contributed by atoms with E-state index < -0.39 is 15.9 Å². The van der Waals surface area contributed by atoms with Gasteiger partial charge in [-0.3, -0.25) is 9.52 Å². The fourth-order valence-corrected chi connectivity index (χ4v) is 3.53. The van der Waals surface area contributed by atoms with E-state index in [1.165, 1.54) is 36.4 Å². The smallest absolute Gasteiger partial charge is 0.266 e. The summed E-state index contributed by atoms with van der Waals surface area (Å²) >= 11 is 0. The van der Waals surface area contributed by atoms with Crippen molar-refractivity contribution in [2.24, 2.45) is 0 Å². The van der Waals surface area contributed by atoms with Crippen LogP contribution in [-0.2, 0) is 14.8 Å². The van der Waals surface area contributed by atoms with Crippen LogP contribution in [0.15, 0.2) is 69.6 Å². The van der Waals surface area contributed by atoms with Crippen LogP contribution in [0.1, 0.15) is 11.3 Å². The van der Waals surface area contributed by atoms with Crippen LogP contribution < -0.4 is 14.8 Å². The van der Waals surface area contributed by atoms with Crippen molar-refractivity contribution in [2.45, 2.75) is 11.8 Å². The van der Waals surface area contributed by atoms with E-state index in [9.17, 15) is 18.5 Å². The van der Waals surface area contributed by atoms with E-state index in [2.05, 4.69) is 15.2 Å². The van der Waals surface area contributed by atoms with Gasteiger partial charge >= 0.3 is 0 Å². The lowest BCUT2D eigenvalue weighted by molar-refractivity contribution is -0.112. The molecule has 0 saturated heterocycles. The summed E-state index contributed by atoms with van der Waals surface area (Å²) in [6, 6.07) is 15.7. The Balaban J connectivity index is 1.71. The molecule has 158 valence electrons. The SMILES string of the molecule is COc1ccc(/C=C(\C#N)C(=O)Nc2ccc(S(=O)(=O)Nc3cc(C)on3)cc2)cc1. The highest BCUT2D eigenvalue weighted by Gasteiger charge is 2.17. The zero-order chi connectivity index (χ0) is 22.4.